The first-order chi connectivity index (χ1) is 6.04. The third-order valence-electron chi connectivity index (χ3n) is 3.25. The number of amides is 1. The summed E-state index contributed by atoms with van der Waals surface area (Å²) in [6, 6.07) is 0.292. The molecule has 2 heterocycles. The van der Waals surface area contributed by atoms with Gasteiger partial charge in [0, 0.05) is 12.8 Å². The fraction of sp³-hybridized carbons (Fsp3) is 0.900. The van der Waals surface area contributed by atoms with E-state index in [1.165, 1.54) is 0 Å². The molecule has 0 saturated carbocycles. The molecule has 0 N–H and O–H groups in total. The normalized spacial score (nSPS) is 38.9. The SMILES string of the molecule is CC(C)[C@H]1CO[C@@]2(C)CCC(=O)N12. The Kier molecular flexibility index (Phi) is 1.88. The molecular weight excluding hydrogens is 166 g/mol. The Hall–Kier alpha value is -0.570. The first-order valence-corrected chi connectivity index (χ1v) is 5.01. The van der Waals surface area contributed by atoms with E-state index in [-0.39, 0.29) is 11.6 Å². The molecule has 2 fully saturated rings. The monoisotopic (exact) mass is 183 g/mol. The van der Waals surface area contributed by atoms with Crippen molar-refractivity contribution in [1.82, 2.24) is 4.90 Å². The molecule has 3 nitrogen and oxygen atoms in total. The molecule has 2 atom stereocenters. The van der Waals surface area contributed by atoms with Crippen molar-refractivity contribution >= 4 is 5.91 Å². The van der Waals surface area contributed by atoms with Crippen LogP contribution in [-0.4, -0.2) is 29.2 Å². The molecule has 0 aromatic carbocycles. The van der Waals surface area contributed by atoms with Crippen molar-refractivity contribution in [1.29, 1.82) is 0 Å². The van der Waals surface area contributed by atoms with Gasteiger partial charge in [0.1, 0.15) is 5.72 Å². The molecule has 0 aliphatic carbocycles. The van der Waals surface area contributed by atoms with Gasteiger partial charge < -0.3 is 9.64 Å². The van der Waals surface area contributed by atoms with Crippen LogP contribution in [0.4, 0.5) is 0 Å². The van der Waals surface area contributed by atoms with E-state index in [2.05, 4.69) is 13.8 Å². The van der Waals surface area contributed by atoms with Crippen LogP contribution in [0.1, 0.15) is 33.6 Å². The zero-order valence-corrected chi connectivity index (χ0v) is 8.54. The summed E-state index contributed by atoms with van der Waals surface area (Å²) in [6.45, 7) is 7.02. The van der Waals surface area contributed by atoms with E-state index in [4.69, 9.17) is 4.74 Å². The Morgan fingerprint density at radius 3 is 2.92 bits per heavy atom. The number of carbonyl (C=O) groups excluding carboxylic acids is 1. The highest BCUT2D eigenvalue weighted by Gasteiger charge is 2.51. The molecule has 0 bridgehead atoms. The van der Waals surface area contributed by atoms with Crippen molar-refractivity contribution in [3.05, 3.63) is 0 Å². The Bertz CT molecular complexity index is 239. The number of nitrogens with zero attached hydrogens (tertiary/aromatic N) is 1. The summed E-state index contributed by atoms with van der Waals surface area (Å²) in [7, 11) is 0. The van der Waals surface area contributed by atoms with Gasteiger partial charge in [0.2, 0.25) is 5.91 Å². The highest BCUT2D eigenvalue weighted by molar-refractivity contribution is 5.80. The van der Waals surface area contributed by atoms with E-state index in [0.717, 1.165) is 6.42 Å². The van der Waals surface area contributed by atoms with E-state index < -0.39 is 0 Å². The number of ether oxygens (including phenoxy) is 1. The molecule has 1 amide bonds. The van der Waals surface area contributed by atoms with Gasteiger partial charge in [-0.05, 0) is 12.8 Å². The molecule has 0 radical (unpaired) electrons. The van der Waals surface area contributed by atoms with E-state index >= 15 is 0 Å². The van der Waals surface area contributed by atoms with Crippen LogP contribution in [0, 0.1) is 5.92 Å². The smallest absolute Gasteiger partial charge is 0.225 e. The van der Waals surface area contributed by atoms with Gasteiger partial charge in [-0.1, -0.05) is 13.8 Å². The van der Waals surface area contributed by atoms with E-state index in [1.807, 2.05) is 11.8 Å². The van der Waals surface area contributed by atoms with Crippen molar-refractivity contribution in [3.63, 3.8) is 0 Å². The number of rotatable bonds is 1. The first kappa shape index (κ1) is 9.00. The summed E-state index contributed by atoms with van der Waals surface area (Å²) < 4.78 is 5.71. The predicted molar refractivity (Wildman–Crippen MR) is 49.1 cm³/mol. The van der Waals surface area contributed by atoms with Crippen LogP contribution in [0.5, 0.6) is 0 Å². The van der Waals surface area contributed by atoms with Crippen molar-refractivity contribution in [2.75, 3.05) is 6.61 Å². The maximum atomic E-state index is 11.6. The Balaban J connectivity index is 2.25. The average molecular weight is 183 g/mol. The molecule has 2 aliphatic rings. The van der Waals surface area contributed by atoms with Crippen LogP contribution < -0.4 is 0 Å². The zero-order valence-electron chi connectivity index (χ0n) is 8.54. The second kappa shape index (κ2) is 2.71. The maximum absolute atomic E-state index is 11.6. The molecule has 74 valence electrons. The van der Waals surface area contributed by atoms with Crippen molar-refractivity contribution in [2.45, 2.75) is 45.4 Å². The van der Waals surface area contributed by atoms with Crippen LogP contribution in [0.25, 0.3) is 0 Å². The fourth-order valence-corrected chi connectivity index (χ4v) is 2.35. The molecule has 0 spiro atoms. The lowest BCUT2D eigenvalue weighted by Gasteiger charge is -2.31. The standard InChI is InChI=1S/C10H17NO2/c1-7(2)8-6-13-10(3)5-4-9(12)11(8)10/h7-8H,4-6H2,1-3H3/t8-,10+/m1/s1. The lowest BCUT2D eigenvalue weighted by atomic mass is 10.0. The van der Waals surface area contributed by atoms with Crippen LogP contribution >= 0.6 is 0 Å². The molecule has 2 rings (SSSR count). The number of hydrogen-bond donors (Lipinski definition) is 0. The largest absolute Gasteiger partial charge is 0.354 e. The fourth-order valence-electron chi connectivity index (χ4n) is 2.35. The molecule has 2 aliphatic heterocycles. The van der Waals surface area contributed by atoms with Gasteiger partial charge in [0.05, 0.1) is 12.6 Å². The van der Waals surface area contributed by atoms with Gasteiger partial charge >= 0.3 is 0 Å². The molecule has 2 saturated heterocycles. The minimum absolute atomic E-state index is 0.263. The van der Waals surface area contributed by atoms with Crippen LogP contribution in [0.3, 0.4) is 0 Å². The minimum Gasteiger partial charge on any atom is -0.354 e. The quantitative estimate of drug-likeness (QED) is 0.614. The van der Waals surface area contributed by atoms with Crippen molar-refractivity contribution < 1.29 is 9.53 Å². The minimum atomic E-state index is -0.286. The predicted octanol–water partition coefficient (Wildman–Crippen LogP) is 1.38. The van der Waals surface area contributed by atoms with Gasteiger partial charge in [-0.3, -0.25) is 4.79 Å². The second-order valence-electron chi connectivity index (χ2n) is 4.56. The second-order valence-corrected chi connectivity index (χ2v) is 4.56. The average Bonchev–Trinajstić information content (AvgIpc) is 2.50. The highest BCUT2D eigenvalue weighted by Crippen LogP contribution is 2.39. The Labute approximate surface area is 79.0 Å². The molecular formula is C10H17NO2. The Morgan fingerprint density at radius 1 is 1.62 bits per heavy atom. The summed E-state index contributed by atoms with van der Waals surface area (Å²) in [5, 5.41) is 0. The lowest BCUT2D eigenvalue weighted by molar-refractivity contribution is -0.137. The highest BCUT2D eigenvalue weighted by atomic mass is 16.5. The maximum Gasteiger partial charge on any atom is 0.225 e. The summed E-state index contributed by atoms with van der Waals surface area (Å²) in [4.78, 5) is 13.6. The van der Waals surface area contributed by atoms with Gasteiger partial charge in [-0.15, -0.1) is 0 Å². The topological polar surface area (TPSA) is 29.5 Å². The third kappa shape index (κ3) is 1.17. The molecule has 13 heavy (non-hydrogen) atoms. The van der Waals surface area contributed by atoms with Crippen LogP contribution in [0.2, 0.25) is 0 Å². The zero-order chi connectivity index (χ0) is 9.64. The van der Waals surface area contributed by atoms with Gasteiger partial charge in [-0.2, -0.15) is 0 Å². The molecule has 0 aromatic rings. The first-order valence-electron chi connectivity index (χ1n) is 5.01. The molecule has 3 heteroatoms. The number of fused-ring (bicyclic) bond motifs is 1. The lowest BCUT2D eigenvalue weighted by Crippen LogP contribution is -2.45. The van der Waals surface area contributed by atoms with Gasteiger partial charge in [0.15, 0.2) is 0 Å². The van der Waals surface area contributed by atoms with E-state index in [9.17, 15) is 4.79 Å². The van der Waals surface area contributed by atoms with Crippen molar-refractivity contribution in [2.24, 2.45) is 5.92 Å². The van der Waals surface area contributed by atoms with E-state index in [1.54, 1.807) is 0 Å². The third-order valence-corrected chi connectivity index (χ3v) is 3.25. The molecule has 0 unspecified atom stereocenters. The summed E-state index contributed by atoms with van der Waals surface area (Å²) in [6.07, 6.45) is 1.51. The van der Waals surface area contributed by atoms with Gasteiger partial charge in [0.25, 0.3) is 0 Å². The molecule has 0 aromatic heterocycles. The van der Waals surface area contributed by atoms with Crippen molar-refractivity contribution in [3.8, 4) is 0 Å². The number of carbonyl (C=O) groups is 1. The van der Waals surface area contributed by atoms with Gasteiger partial charge in [-0.25, -0.2) is 0 Å². The van der Waals surface area contributed by atoms with E-state index in [0.29, 0.717) is 25.0 Å². The summed E-state index contributed by atoms with van der Waals surface area (Å²) >= 11 is 0. The Morgan fingerprint density at radius 2 is 2.31 bits per heavy atom. The summed E-state index contributed by atoms with van der Waals surface area (Å²) in [5.74, 6) is 0.752. The van der Waals surface area contributed by atoms with Crippen LogP contribution in [0.15, 0.2) is 0 Å². The number of hydrogen-bond acceptors (Lipinski definition) is 2. The summed E-state index contributed by atoms with van der Waals surface area (Å²) in [5.41, 5.74) is -0.286. The van der Waals surface area contributed by atoms with Crippen LogP contribution in [-0.2, 0) is 9.53 Å².